The van der Waals surface area contributed by atoms with Crippen LogP contribution in [0.3, 0.4) is 0 Å². The van der Waals surface area contributed by atoms with Crippen LogP contribution in [0.2, 0.25) is 0 Å². The van der Waals surface area contributed by atoms with Crippen LogP contribution in [0.1, 0.15) is 11.1 Å². The van der Waals surface area contributed by atoms with Gasteiger partial charge in [0.05, 0.1) is 37.6 Å². The van der Waals surface area contributed by atoms with Gasteiger partial charge in [0.25, 0.3) is 0 Å². The molecule has 0 amide bonds. The maximum atomic E-state index is 12.7. The smallest absolute Gasteiger partial charge is 0.237 e. The minimum atomic E-state index is -4.18. The summed E-state index contributed by atoms with van der Waals surface area (Å²) in [5, 5.41) is 21.0. The Balaban J connectivity index is 1.67. The zero-order chi connectivity index (χ0) is 20.1. The average molecular weight is 407 g/mol. The highest BCUT2D eigenvalue weighted by molar-refractivity contribution is 7.59. The van der Waals surface area contributed by atoms with E-state index in [1.54, 1.807) is 0 Å². The van der Waals surface area contributed by atoms with Crippen molar-refractivity contribution in [1.82, 2.24) is 0 Å². The molecule has 0 saturated carbocycles. The monoisotopic (exact) mass is 407 g/mol. The van der Waals surface area contributed by atoms with Crippen molar-refractivity contribution in [3.63, 3.8) is 0 Å². The first-order valence-electron chi connectivity index (χ1n) is 9.12. The minimum Gasteiger partial charge on any atom is -0.389 e. The molecule has 1 aliphatic heterocycles. The molecule has 7 nitrogen and oxygen atoms in total. The van der Waals surface area contributed by atoms with Crippen LogP contribution in [0, 0.1) is 0 Å². The lowest BCUT2D eigenvalue weighted by molar-refractivity contribution is -0.0904. The fraction of sp³-hybridized carbons (Fsp3) is 0.400. The van der Waals surface area contributed by atoms with Crippen LogP contribution >= 0.6 is 7.37 Å². The van der Waals surface area contributed by atoms with E-state index in [4.69, 9.17) is 15.2 Å². The van der Waals surface area contributed by atoms with Crippen LogP contribution in [0.15, 0.2) is 60.7 Å². The van der Waals surface area contributed by atoms with Crippen molar-refractivity contribution < 1.29 is 29.1 Å². The van der Waals surface area contributed by atoms with Gasteiger partial charge in [-0.3, -0.25) is 4.57 Å². The first-order chi connectivity index (χ1) is 13.4. The van der Waals surface area contributed by atoms with E-state index in [-0.39, 0.29) is 19.8 Å². The molecule has 1 fully saturated rings. The molecule has 152 valence electrons. The molecule has 2 unspecified atom stereocenters. The molecular formula is C20H26NO6P. The Morgan fingerprint density at radius 3 is 2.04 bits per heavy atom. The summed E-state index contributed by atoms with van der Waals surface area (Å²) in [6.07, 6.45) is -2.33. The zero-order valence-electron chi connectivity index (χ0n) is 15.4. The molecule has 0 aliphatic carbocycles. The number of hydrogen-bond donors (Lipinski definition) is 4. The Morgan fingerprint density at radius 2 is 1.46 bits per heavy atom. The number of hydrogen-bond acceptors (Lipinski definition) is 6. The molecule has 6 atom stereocenters. The third-order valence-electron chi connectivity index (χ3n) is 4.99. The summed E-state index contributed by atoms with van der Waals surface area (Å²) >= 11 is 0. The summed E-state index contributed by atoms with van der Waals surface area (Å²) in [5.74, 6) is -1.69. The number of rotatable bonds is 7. The van der Waals surface area contributed by atoms with E-state index in [2.05, 4.69) is 0 Å². The predicted molar refractivity (Wildman–Crippen MR) is 105 cm³/mol. The van der Waals surface area contributed by atoms with Crippen molar-refractivity contribution in [2.75, 3.05) is 6.61 Å². The van der Waals surface area contributed by atoms with Crippen LogP contribution in [0.5, 0.6) is 0 Å². The van der Waals surface area contributed by atoms with E-state index < -0.39 is 37.1 Å². The highest BCUT2D eigenvalue weighted by Gasteiger charge is 2.55. The van der Waals surface area contributed by atoms with E-state index in [0.29, 0.717) is 0 Å². The minimum absolute atomic E-state index is 0.163. The summed E-state index contributed by atoms with van der Waals surface area (Å²) in [4.78, 5) is 10.4. The number of ether oxygens (including phenoxy) is 2. The maximum Gasteiger partial charge on any atom is 0.237 e. The van der Waals surface area contributed by atoms with Gasteiger partial charge in [-0.25, -0.2) is 0 Å². The van der Waals surface area contributed by atoms with Crippen molar-refractivity contribution in [2.24, 2.45) is 5.73 Å². The van der Waals surface area contributed by atoms with Crippen molar-refractivity contribution in [1.29, 1.82) is 0 Å². The molecule has 0 bridgehead atoms. The van der Waals surface area contributed by atoms with E-state index in [1.807, 2.05) is 60.7 Å². The highest BCUT2D eigenvalue weighted by Crippen LogP contribution is 2.56. The molecule has 0 spiro atoms. The van der Waals surface area contributed by atoms with Crippen LogP contribution in [0.25, 0.3) is 0 Å². The van der Waals surface area contributed by atoms with Crippen molar-refractivity contribution >= 4 is 7.37 Å². The van der Waals surface area contributed by atoms with Gasteiger partial charge in [0, 0.05) is 0 Å². The van der Waals surface area contributed by atoms with Gasteiger partial charge in [-0.1, -0.05) is 60.7 Å². The number of aliphatic hydroxyl groups excluding tert-OH is 2. The number of nitrogens with two attached hydrogens (primary N) is 1. The molecule has 1 aliphatic rings. The van der Waals surface area contributed by atoms with Crippen molar-refractivity contribution in [3.8, 4) is 0 Å². The Hall–Kier alpha value is -1.57. The molecular weight excluding hydrogens is 381 g/mol. The second-order valence-corrected chi connectivity index (χ2v) is 9.52. The van der Waals surface area contributed by atoms with Gasteiger partial charge in [0.15, 0.2) is 0 Å². The summed E-state index contributed by atoms with van der Waals surface area (Å²) in [6, 6.07) is 17.4. The molecule has 5 N–H and O–H groups in total. The van der Waals surface area contributed by atoms with Crippen LogP contribution in [-0.2, 0) is 27.3 Å². The van der Waals surface area contributed by atoms with Crippen LogP contribution < -0.4 is 5.73 Å². The first kappa shape index (κ1) is 21.1. The van der Waals surface area contributed by atoms with Crippen LogP contribution in [-0.4, -0.2) is 51.5 Å². The first-order valence-corrected chi connectivity index (χ1v) is 10.9. The fourth-order valence-electron chi connectivity index (χ4n) is 3.33. The summed E-state index contributed by atoms with van der Waals surface area (Å²) in [7, 11) is -4.18. The van der Waals surface area contributed by atoms with Gasteiger partial charge >= 0.3 is 0 Å². The molecule has 0 radical (unpaired) electrons. The summed E-state index contributed by atoms with van der Waals surface area (Å²) in [5.41, 5.74) is 6.50. The van der Waals surface area contributed by atoms with Gasteiger partial charge in [0.1, 0.15) is 11.9 Å². The summed E-state index contributed by atoms with van der Waals surface area (Å²) < 4.78 is 24.0. The Morgan fingerprint density at radius 1 is 0.929 bits per heavy atom. The van der Waals surface area contributed by atoms with E-state index in [0.717, 1.165) is 11.1 Å². The van der Waals surface area contributed by atoms with E-state index >= 15 is 0 Å². The Kier molecular flexibility index (Phi) is 7.01. The lowest BCUT2D eigenvalue weighted by Gasteiger charge is -2.43. The molecule has 1 heterocycles. The molecule has 28 heavy (non-hydrogen) atoms. The predicted octanol–water partition coefficient (Wildman–Crippen LogP) is 1.45. The quantitative estimate of drug-likeness (QED) is 0.513. The standard InChI is InChI=1S/C20H26NO6P/c21-17-19(27-12-15-9-5-2-6-10-15)18(22)16(28(24,25)20(17)23)13-26-11-14-7-3-1-4-8-14/h1-10,16-20,22-23H,11-13,21H2,(H,24,25)/t16-,17-,18-,19-,20?/m1/s1. The van der Waals surface area contributed by atoms with Gasteiger partial charge in [0.2, 0.25) is 7.37 Å². The molecule has 2 aromatic rings. The zero-order valence-corrected chi connectivity index (χ0v) is 16.3. The van der Waals surface area contributed by atoms with E-state index in [9.17, 15) is 19.7 Å². The molecule has 2 aromatic carbocycles. The molecule has 3 rings (SSSR count). The van der Waals surface area contributed by atoms with Crippen molar-refractivity contribution in [3.05, 3.63) is 71.8 Å². The summed E-state index contributed by atoms with van der Waals surface area (Å²) in [6.45, 7) is 0.191. The van der Waals surface area contributed by atoms with Gasteiger partial charge in [-0.15, -0.1) is 0 Å². The maximum absolute atomic E-state index is 12.7. The SMILES string of the molecule is N[C@H]1C(O)P(=O)(O)[C@H](COCc2ccccc2)[C@@H](O)[C@@H]1OCc1ccccc1. The Labute approximate surface area is 164 Å². The number of aliphatic hydroxyl groups is 2. The van der Waals surface area contributed by atoms with Crippen molar-refractivity contribution in [2.45, 2.75) is 43.0 Å². The van der Waals surface area contributed by atoms with E-state index in [1.165, 1.54) is 0 Å². The second-order valence-electron chi connectivity index (χ2n) is 6.98. The topological polar surface area (TPSA) is 122 Å². The molecule has 1 saturated heterocycles. The third-order valence-corrected chi connectivity index (χ3v) is 7.50. The fourth-order valence-corrected chi connectivity index (χ4v) is 5.31. The normalized spacial score (nSPS) is 32.9. The average Bonchev–Trinajstić information content (AvgIpc) is 2.71. The number of benzene rings is 2. The van der Waals surface area contributed by atoms with Crippen LogP contribution in [0.4, 0.5) is 0 Å². The second kappa shape index (κ2) is 9.29. The van der Waals surface area contributed by atoms with Gasteiger partial charge in [-0.2, -0.15) is 0 Å². The lowest BCUT2D eigenvalue weighted by Crippen LogP contribution is -2.60. The molecule has 0 aromatic heterocycles. The highest BCUT2D eigenvalue weighted by atomic mass is 31.2. The third kappa shape index (κ3) is 4.70. The lowest BCUT2D eigenvalue weighted by atomic mass is 10.0. The Bertz CT molecular complexity index is 790. The largest absolute Gasteiger partial charge is 0.389 e. The van der Waals surface area contributed by atoms with Gasteiger partial charge in [-0.05, 0) is 11.1 Å². The van der Waals surface area contributed by atoms with Gasteiger partial charge < -0.3 is 30.3 Å². The molecule has 8 heteroatoms.